The summed E-state index contributed by atoms with van der Waals surface area (Å²) in [5.74, 6) is 2.01. The highest BCUT2D eigenvalue weighted by Crippen LogP contribution is 2.44. The van der Waals surface area contributed by atoms with Gasteiger partial charge in [-0.25, -0.2) is 0 Å². The average molecular weight is 359 g/mol. The number of hydrogen-bond acceptors (Lipinski definition) is 2. The van der Waals surface area contributed by atoms with Crippen molar-refractivity contribution in [2.75, 3.05) is 13.2 Å². The molecule has 0 radical (unpaired) electrons. The fourth-order valence-electron chi connectivity index (χ4n) is 3.30. The van der Waals surface area contributed by atoms with E-state index < -0.39 is 0 Å². The van der Waals surface area contributed by atoms with Gasteiger partial charge in [-0.15, -0.1) is 0 Å². The predicted molar refractivity (Wildman–Crippen MR) is 106 cm³/mol. The van der Waals surface area contributed by atoms with Gasteiger partial charge in [0.05, 0.1) is 13.2 Å². The smallest absolute Gasteiger partial charge is 0.131 e. The molecule has 0 fully saturated rings. The van der Waals surface area contributed by atoms with Gasteiger partial charge in [-0.3, -0.25) is 0 Å². The molecule has 2 aromatic carbocycles. The molecule has 0 N–H and O–H groups in total. The summed E-state index contributed by atoms with van der Waals surface area (Å²) in [4.78, 5) is 0. The molecule has 0 saturated heterocycles. The Bertz CT molecular complexity index is 764. The van der Waals surface area contributed by atoms with E-state index in [1.54, 1.807) is 0 Å². The van der Waals surface area contributed by atoms with Crippen LogP contribution in [-0.4, -0.2) is 13.2 Å². The minimum Gasteiger partial charge on any atom is -0.493 e. The maximum Gasteiger partial charge on any atom is 0.131 e. The molecule has 3 heteroatoms. The number of hydrogen-bond donors (Lipinski definition) is 0. The lowest BCUT2D eigenvalue weighted by atomic mass is 9.90. The van der Waals surface area contributed by atoms with Crippen LogP contribution in [0.2, 0.25) is 0 Å². The maximum absolute atomic E-state index is 6.37. The summed E-state index contributed by atoms with van der Waals surface area (Å²) in [6.45, 7) is 5.86. The van der Waals surface area contributed by atoms with E-state index >= 15 is 0 Å². The second-order valence-electron chi connectivity index (χ2n) is 6.60. The Morgan fingerprint density at radius 3 is 2.00 bits per heavy atom. The lowest BCUT2D eigenvalue weighted by Crippen LogP contribution is -2.10. The van der Waals surface area contributed by atoms with Crippen molar-refractivity contribution >= 4 is 22.4 Å². The van der Waals surface area contributed by atoms with E-state index in [2.05, 4.69) is 44.2 Å². The molecule has 0 amide bonds. The Hall–Kier alpha value is -1.67. The summed E-state index contributed by atoms with van der Waals surface area (Å²) in [5.41, 5.74) is 2.44. The van der Waals surface area contributed by atoms with Crippen molar-refractivity contribution in [1.29, 1.82) is 0 Å². The van der Waals surface area contributed by atoms with E-state index in [1.165, 1.54) is 11.1 Å². The second-order valence-corrected chi connectivity index (χ2v) is 7.08. The Morgan fingerprint density at radius 2 is 1.44 bits per heavy atom. The zero-order chi connectivity index (χ0) is 17.6. The van der Waals surface area contributed by atoms with Crippen LogP contribution >= 0.6 is 11.6 Å². The Labute approximate surface area is 155 Å². The molecule has 0 unspecified atom stereocenters. The topological polar surface area (TPSA) is 18.5 Å². The maximum atomic E-state index is 6.37. The van der Waals surface area contributed by atoms with Gasteiger partial charge in [0.1, 0.15) is 11.5 Å². The van der Waals surface area contributed by atoms with Crippen molar-refractivity contribution in [1.82, 2.24) is 0 Å². The van der Waals surface area contributed by atoms with E-state index in [0.29, 0.717) is 0 Å². The molecule has 25 heavy (non-hydrogen) atoms. The average Bonchev–Trinajstić information content (AvgIpc) is 2.63. The first-order chi connectivity index (χ1) is 12.3. The van der Waals surface area contributed by atoms with Gasteiger partial charge in [0, 0.05) is 33.4 Å². The fourth-order valence-corrected chi connectivity index (χ4v) is 3.51. The number of fused-ring (bicyclic) bond motifs is 2. The minimum absolute atomic E-state index is 0.729. The van der Waals surface area contributed by atoms with Crippen LogP contribution in [0.5, 0.6) is 11.5 Å². The molecule has 0 spiro atoms. The number of halogens is 1. The van der Waals surface area contributed by atoms with E-state index in [-0.39, 0.29) is 0 Å². The first kappa shape index (κ1) is 18.1. The normalized spacial score (nSPS) is 13.5. The molecular formula is C22H27ClO2. The second kappa shape index (κ2) is 8.62. The largest absolute Gasteiger partial charge is 0.493 e. The van der Waals surface area contributed by atoms with Gasteiger partial charge < -0.3 is 9.47 Å². The summed E-state index contributed by atoms with van der Waals surface area (Å²) >= 11 is 6.37. The monoisotopic (exact) mass is 358 g/mol. The molecule has 0 saturated carbocycles. The number of ether oxygens (including phenoxy) is 2. The first-order valence-electron chi connectivity index (χ1n) is 9.42. The zero-order valence-electron chi connectivity index (χ0n) is 15.2. The van der Waals surface area contributed by atoms with Crippen LogP contribution in [0.3, 0.4) is 0 Å². The van der Waals surface area contributed by atoms with Crippen LogP contribution in [0.4, 0.5) is 0 Å². The SMILES string of the molecule is CCCCOc1c2c(c(OCCCC)c3ccccc13)CC(Cl)=CC2. The highest BCUT2D eigenvalue weighted by molar-refractivity contribution is 6.30. The summed E-state index contributed by atoms with van der Waals surface area (Å²) in [7, 11) is 0. The molecule has 134 valence electrons. The highest BCUT2D eigenvalue weighted by Gasteiger charge is 2.23. The van der Waals surface area contributed by atoms with E-state index in [1.807, 2.05) is 0 Å². The molecular weight excluding hydrogens is 332 g/mol. The Morgan fingerprint density at radius 1 is 0.880 bits per heavy atom. The molecule has 0 aliphatic heterocycles. The van der Waals surface area contributed by atoms with Gasteiger partial charge in [0.25, 0.3) is 0 Å². The lowest BCUT2D eigenvalue weighted by molar-refractivity contribution is 0.301. The third-order valence-corrected chi connectivity index (χ3v) is 4.98. The Kier molecular flexibility index (Phi) is 6.25. The molecule has 1 aliphatic rings. The molecule has 0 aromatic heterocycles. The number of allylic oxidation sites excluding steroid dienone is 2. The summed E-state index contributed by atoms with van der Waals surface area (Å²) in [6, 6.07) is 8.42. The van der Waals surface area contributed by atoms with Gasteiger partial charge in [-0.2, -0.15) is 0 Å². The summed E-state index contributed by atoms with van der Waals surface area (Å²) < 4.78 is 12.5. The van der Waals surface area contributed by atoms with Crippen molar-refractivity contribution in [3.63, 3.8) is 0 Å². The zero-order valence-corrected chi connectivity index (χ0v) is 16.0. The van der Waals surface area contributed by atoms with Gasteiger partial charge >= 0.3 is 0 Å². The molecule has 0 heterocycles. The quantitative estimate of drug-likeness (QED) is 0.507. The standard InChI is InChI=1S/C22H27ClO2/c1-3-5-13-24-21-17-9-7-8-10-18(17)22(25-14-6-4-2)20-15-16(23)11-12-19(20)21/h7-11H,3-6,12-15H2,1-2H3. The van der Waals surface area contributed by atoms with E-state index in [4.69, 9.17) is 21.1 Å². The third-order valence-electron chi connectivity index (χ3n) is 4.69. The molecule has 3 rings (SSSR count). The van der Waals surface area contributed by atoms with Crippen molar-refractivity contribution in [3.05, 3.63) is 46.5 Å². The van der Waals surface area contributed by atoms with Crippen molar-refractivity contribution in [2.45, 2.75) is 52.4 Å². The van der Waals surface area contributed by atoms with Crippen molar-refractivity contribution < 1.29 is 9.47 Å². The molecule has 1 aliphatic carbocycles. The predicted octanol–water partition coefficient (Wildman–Crippen LogP) is 6.42. The van der Waals surface area contributed by atoms with E-state index in [0.717, 1.165) is 79.0 Å². The minimum atomic E-state index is 0.729. The summed E-state index contributed by atoms with van der Waals surface area (Å²) in [6.07, 6.45) is 8.01. The van der Waals surface area contributed by atoms with Gasteiger partial charge in [0.15, 0.2) is 0 Å². The molecule has 0 atom stereocenters. The summed E-state index contributed by atoms with van der Waals surface area (Å²) in [5, 5.41) is 3.17. The number of unbranched alkanes of at least 4 members (excludes halogenated alkanes) is 2. The van der Waals surface area contributed by atoms with Gasteiger partial charge in [-0.1, -0.05) is 68.6 Å². The molecule has 0 bridgehead atoms. The highest BCUT2D eigenvalue weighted by atomic mass is 35.5. The van der Waals surface area contributed by atoms with Crippen LogP contribution < -0.4 is 9.47 Å². The van der Waals surface area contributed by atoms with Crippen molar-refractivity contribution in [3.8, 4) is 11.5 Å². The van der Waals surface area contributed by atoms with Crippen LogP contribution in [0.15, 0.2) is 35.4 Å². The fraction of sp³-hybridized carbons (Fsp3) is 0.455. The van der Waals surface area contributed by atoms with Crippen LogP contribution in [0.25, 0.3) is 10.8 Å². The van der Waals surface area contributed by atoms with Gasteiger partial charge in [0.2, 0.25) is 0 Å². The molecule has 2 aromatic rings. The van der Waals surface area contributed by atoms with Crippen LogP contribution in [0.1, 0.15) is 50.7 Å². The molecule has 2 nitrogen and oxygen atoms in total. The first-order valence-corrected chi connectivity index (χ1v) is 9.80. The van der Waals surface area contributed by atoms with E-state index in [9.17, 15) is 0 Å². The van der Waals surface area contributed by atoms with Crippen LogP contribution in [0, 0.1) is 0 Å². The number of benzene rings is 2. The Balaban J connectivity index is 2.11. The third kappa shape index (κ3) is 3.95. The van der Waals surface area contributed by atoms with Gasteiger partial charge in [-0.05, 0) is 19.3 Å². The van der Waals surface area contributed by atoms with Crippen molar-refractivity contribution in [2.24, 2.45) is 0 Å². The van der Waals surface area contributed by atoms with Crippen LogP contribution in [-0.2, 0) is 12.8 Å². The number of rotatable bonds is 8. The lowest BCUT2D eigenvalue weighted by Gasteiger charge is -2.24.